The van der Waals surface area contributed by atoms with Gasteiger partial charge in [0.1, 0.15) is 17.6 Å². The molecule has 10 nitrogen and oxygen atoms in total. The molecule has 2 amide bonds. The lowest BCUT2D eigenvalue weighted by Crippen LogP contribution is -2.50. The van der Waals surface area contributed by atoms with Gasteiger partial charge >= 0.3 is 6.09 Å². The highest BCUT2D eigenvalue weighted by Crippen LogP contribution is 2.33. The second kappa shape index (κ2) is 15.2. The first kappa shape index (κ1) is 32.3. The molecule has 2 fully saturated rings. The van der Waals surface area contributed by atoms with Crippen LogP contribution in [0.3, 0.4) is 0 Å². The van der Waals surface area contributed by atoms with Gasteiger partial charge in [-0.15, -0.1) is 0 Å². The van der Waals surface area contributed by atoms with E-state index in [4.69, 9.17) is 18.9 Å². The number of aromatic hydroxyl groups is 1. The molecule has 10 heteroatoms. The number of nitrogens with one attached hydrogen (secondary N) is 2. The van der Waals surface area contributed by atoms with Gasteiger partial charge in [-0.3, -0.25) is 4.79 Å². The van der Waals surface area contributed by atoms with Gasteiger partial charge in [0.15, 0.2) is 12.9 Å². The van der Waals surface area contributed by atoms with Crippen molar-refractivity contribution in [1.29, 1.82) is 0 Å². The second-order valence-electron chi connectivity index (χ2n) is 11.9. The maximum Gasteiger partial charge on any atom is 0.407 e. The summed E-state index contributed by atoms with van der Waals surface area (Å²) in [6.45, 7) is 4.21. The van der Waals surface area contributed by atoms with Crippen molar-refractivity contribution in [1.82, 2.24) is 10.6 Å². The standard InChI is InChI=1S/C35H42N2O8/c1-22-15-27(38)16-23(2)33(22)43-21-32(40)36-26(17-24-9-5-3-6-10-24)19-30(39)29(18-25-11-7-4-8-12-25)37-35(41)45-31-20-44-34-28(31)13-14-42-34/h3-12,15-16,26,28-31,34,38-39H,13-14,17-21H2,1-2H3,(H,36,40)(H,37,41)/t26-,28-,29-,30-,31-,34+/m0/s1. The monoisotopic (exact) mass is 618 g/mol. The molecule has 0 saturated carbocycles. The van der Waals surface area contributed by atoms with Crippen LogP contribution in [-0.4, -0.2) is 72.6 Å². The van der Waals surface area contributed by atoms with Crippen LogP contribution in [0.1, 0.15) is 35.1 Å². The molecule has 3 aromatic carbocycles. The van der Waals surface area contributed by atoms with Gasteiger partial charge in [0.25, 0.3) is 5.91 Å². The molecule has 0 spiro atoms. The summed E-state index contributed by atoms with van der Waals surface area (Å²) < 4.78 is 22.7. The third-order valence-corrected chi connectivity index (χ3v) is 8.32. The predicted molar refractivity (Wildman–Crippen MR) is 167 cm³/mol. The fraction of sp³-hybridized carbons (Fsp3) is 0.429. The number of carbonyl (C=O) groups is 2. The number of phenols is 1. The zero-order valence-electron chi connectivity index (χ0n) is 25.7. The van der Waals surface area contributed by atoms with Crippen molar-refractivity contribution < 1.29 is 38.7 Å². The number of aliphatic hydroxyl groups is 1. The van der Waals surface area contributed by atoms with E-state index in [1.54, 1.807) is 26.0 Å². The van der Waals surface area contributed by atoms with Crippen LogP contribution in [0.25, 0.3) is 0 Å². The van der Waals surface area contributed by atoms with E-state index in [1.165, 1.54) is 0 Å². The van der Waals surface area contributed by atoms with Crippen molar-refractivity contribution in [3.8, 4) is 11.5 Å². The van der Waals surface area contributed by atoms with E-state index in [9.17, 15) is 19.8 Å². The molecule has 2 saturated heterocycles. The summed E-state index contributed by atoms with van der Waals surface area (Å²) in [5.74, 6) is 0.317. The highest BCUT2D eigenvalue weighted by molar-refractivity contribution is 5.78. The van der Waals surface area contributed by atoms with Crippen LogP contribution >= 0.6 is 0 Å². The number of rotatable bonds is 13. The van der Waals surface area contributed by atoms with Gasteiger partial charge in [-0.1, -0.05) is 60.7 Å². The van der Waals surface area contributed by atoms with Crippen LogP contribution in [0.4, 0.5) is 4.79 Å². The summed E-state index contributed by atoms with van der Waals surface area (Å²) >= 11 is 0. The quantitative estimate of drug-likeness (QED) is 0.226. The Morgan fingerprint density at radius 1 is 0.933 bits per heavy atom. The van der Waals surface area contributed by atoms with Crippen LogP contribution in [0.15, 0.2) is 72.8 Å². The SMILES string of the molecule is Cc1cc(O)cc(C)c1OCC(=O)N[C@@H](Cc1ccccc1)C[C@H](O)[C@H](Cc1ccccc1)NC(=O)O[C@H]1CO[C@H]2OCC[C@H]21. The van der Waals surface area contributed by atoms with Gasteiger partial charge in [0, 0.05) is 6.04 Å². The lowest BCUT2D eigenvalue weighted by atomic mass is 9.93. The van der Waals surface area contributed by atoms with E-state index in [1.807, 2.05) is 60.7 Å². The Morgan fingerprint density at radius 2 is 1.58 bits per heavy atom. The second-order valence-corrected chi connectivity index (χ2v) is 11.9. The lowest BCUT2D eigenvalue weighted by molar-refractivity contribution is -0.124. The van der Waals surface area contributed by atoms with E-state index in [0.29, 0.717) is 25.2 Å². The van der Waals surface area contributed by atoms with Gasteiger partial charge in [-0.05, 0) is 73.9 Å². The number of amides is 2. The molecule has 0 radical (unpaired) electrons. The number of benzene rings is 3. The molecule has 3 aromatic rings. The van der Waals surface area contributed by atoms with Crippen molar-refractivity contribution in [2.24, 2.45) is 5.92 Å². The first-order valence-electron chi connectivity index (χ1n) is 15.4. The fourth-order valence-electron chi connectivity index (χ4n) is 6.13. The summed E-state index contributed by atoms with van der Waals surface area (Å²) in [4.78, 5) is 26.2. The largest absolute Gasteiger partial charge is 0.508 e. The van der Waals surface area contributed by atoms with Gasteiger partial charge in [-0.25, -0.2) is 4.79 Å². The van der Waals surface area contributed by atoms with Gasteiger partial charge in [-0.2, -0.15) is 0 Å². The Bertz CT molecular complexity index is 1400. The Morgan fingerprint density at radius 3 is 2.24 bits per heavy atom. The number of phenolic OH excluding ortho intramolecular Hbond substituents is 1. The minimum atomic E-state index is -1.02. The number of ether oxygens (including phenoxy) is 4. The van der Waals surface area contributed by atoms with Crippen molar-refractivity contribution in [2.75, 3.05) is 19.8 Å². The Labute approximate surface area is 263 Å². The molecule has 6 atom stereocenters. The Kier molecular flexibility index (Phi) is 10.9. The van der Waals surface area contributed by atoms with E-state index < -0.39 is 30.4 Å². The normalized spacial score (nSPS) is 20.9. The summed E-state index contributed by atoms with van der Waals surface area (Å²) in [6, 6.07) is 21.3. The molecular weight excluding hydrogens is 576 g/mol. The smallest absolute Gasteiger partial charge is 0.407 e. The first-order valence-corrected chi connectivity index (χ1v) is 15.4. The van der Waals surface area contributed by atoms with Crippen LogP contribution in [0.5, 0.6) is 11.5 Å². The van der Waals surface area contributed by atoms with Crippen LogP contribution < -0.4 is 15.4 Å². The molecule has 240 valence electrons. The lowest BCUT2D eigenvalue weighted by Gasteiger charge is -2.29. The molecule has 2 aliphatic rings. The highest BCUT2D eigenvalue weighted by atomic mass is 16.7. The minimum Gasteiger partial charge on any atom is -0.508 e. The number of hydrogen-bond acceptors (Lipinski definition) is 8. The molecule has 0 aliphatic carbocycles. The van der Waals surface area contributed by atoms with Gasteiger partial charge in [0.2, 0.25) is 0 Å². The molecular formula is C35H42N2O8. The maximum atomic E-state index is 13.1. The highest BCUT2D eigenvalue weighted by Gasteiger charge is 2.44. The average molecular weight is 619 g/mol. The van der Waals surface area contributed by atoms with E-state index in [0.717, 1.165) is 28.7 Å². The molecule has 0 aromatic heterocycles. The van der Waals surface area contributed by atoms with Crippen LogP contribution in [-0.2, 0) is 31.8 Å². The number of aliphatic hydroxyl groups excluding tert-OH is 1. The summed E-state index contributed by atoms with van der Waals surface area (Å²) in [5.41, 5.74) is 3.37. The topological polar surface area (TPSA) is 136 Å². The molecule has 0 bridgehead atoms. The average Bonchev–Trinajstić information content (AvgIpc) is 3.62. The fourth-order valence-corrected chi connectivity index (χ4v) is 6.13. The molecule has 4 N–H and O–H groups in total. The van der Waals surface area contributed by atoms with Crippen LogP contribution in [0, 0.1) is 19.8 Å². The van der Waals surface area contributed by atoms with Crippen molar-refractivity contribution in [3.05, 3.63) is 95.1 Å². The van der Waals surface area contributed by atoms with E-state index in [2.05, 4.69) is 10.6 Å². The zero-order chi connectivity index (χ0) is 31.8. The third-order valence-electron chi connectivity index (χ3n) is 8.32. The molecule has 2 aliphatic heterocycles. The summed E-state index contributed by atoms with van der Waals surface area (Å²) in [7, 11) is 0. The number of hydrogen-bond donors (Lipinski definition) is 4. The van der Waals surface area contributed by atoms with Crippen molar-refractivity contribution >= 4 is 12.0 Å². The van der Waals surface area contributed by atoms with Crippen molar-refractivity contribution in [3.63, 3.8) is 0 Å². The Hall–Kier alpha value is -4.12. The minimum absolute atomic E-state index is 0.00455. The van der Waals surface area contributed by atoms with E-state index >= 15 is 0 Å². The van der Waals surface area contributed by atoms with Crippen LogP contribution in [0.2, 0.25) is 0 Å². The number of carbonyl (C=O) groups excluding carboxylic acids is 2. The summed E-state index contributed by atoms with van der Waals surface area (Å²) in [5, 5.41) is 27.3. The molecule has 5 rings (SSSR count). The third kappa shape index (κ3) is 8.97. The number of fused-ring (bicyclic) bond motifs is 1. The van der Waals surface area contributed by atoms with E-state index in [-0.39, 0.29) is 43.5 Å². The number of alkyl carbamates (subject to hydrolysis) is 1. The molecule has 0 unspecified atom stereocenters. The van der Waals surface area contributed by atoms with Gasteiger partial charge < -0.3 is 39.8 Å². The number of aryl methyl sites for hydroxylation is 2. The zero-order valence-corrected chi connectivity index (χ0v) is 25.7. The first-order chi connectivity index (χ1) is 21.7. The summed E-state index contributed by atoms with van der Waals surface area (Å²) in [6.07, 6.45) is -0.659. The predicted octanol–water partition coefficient (Wildman–Crippen LogP) is 3.97. The van der Waals surface area contributed by atoms with Gasteiger partial charge in [0.05, 0.1) is 31.3 Å². The molecule has 2 heterocycles. The maximum absolute atomic E-state index is 13.1. The van der Waals surface area contributed by atoms with Crippen molar-refractivity contribution in [2.45, 2.75) is 70.1 Å². The Balaban J connectivity index is 1.26. The molecule has 45 heavy (non-hydrogen) atoms.